The van der Waals surface area contributed by atoms with E-state index < -0.39 is 0 Å². The molecule has 0 saturated heterocycles. The van der Waals surface area contributed by atoms with Crippen LogP contribution in [0, 0.1) is 17.3 Å². The first-order valence-electron chi connectivity index (χ1n) is 11.9. The van der Waals surface area contributed by atoms with Crippen LogP contribution in [0.2, 0.25) is 0 Å². The molecule has 3 fully saturated rings. The average molecular weight is 427 g/mol. The molecule has 0 spiro atoms. The van der Waals surface area contributed by atoms with Crippen LogP contribution in [0.5, 0.6) is 11.5 Å². The molecule has 4 heteroatoms. The number of hydrogen-bond acceptors (Lipinski definition) is 4. The first-order valence-corrected chi connectivity index (χ1v) is 11.9. The number of esters is 1. The molecule has 1 aromatic carbocycles. The Morgan fingerprint density at radius 2 is 2.03 bits per heavy atom. The molecule has 0 radical (unpaired) electrons. The van der Waals surface area contributed by atoms with Crippen LogP contribution in [-0.4, -0.2) is 25.3 Å². The molecule has 4 nitrogen and oxygen atoms in total. The molecule has 4 aliphatic rings. The van der Waals surface area contributed by atoms with Crippen LogP contribution in [-0.2, 0) is 14.9 Å². The van der Waals surface area contributed by atoms with E-state index in [0.717, 1.165) is 29.9 Å². The summed E-state index contributed by atoms with van der Waals surface area (Å²) in [6, 6.07) is 4.37. The highest BCUT2D eigenvalue weighted by atomic mass is 16.6. The maximum atomic E-state index is 12.1. The lowest BCUT2D eigenvalue weighted by Crippen LogP contribution is -2.57. The van der Waals surface area contributed by atoms with Crippen molar-refractivity contribution >= 4 is 5.97 Å². The minimum absolute atomic E-state index is 0.00258. The van der Waals surface area contributed by atoms with Crippen LogP contribution in [0.15, 0.2) is 24.3 Å². The Morgan fingerprint density at radius 3 is 2.68 bits per heavy atom. The molecule has 31 heavy (non-hydrogen) atoms. The van der Waals surface area contributed by atoms with E-state index in [2.05, 4.69) is 53.3 Å². The van der Waals surface area contributed by atoms with Crippen molar-refractivity contribution in [2.45, 2.75) is 84.7 Å². The minimum Gasteiger partial charge on any atom is -0.485 e. The topological polar surface area (TPSA) is 44.8 Å². The molecule has 2 bridgehead atoms. The lowest BCUT2D eigenvalue weighted by atomic mass is 9.43. The van der Waals surface area contributed by atoms with Gasteiger partial charge in [-0.3, -0.25) is 0 Å². The number of hydrogen-bond donors (Lipinski definition) is 0. The zero-order valence-corrected chi connectivity index (χ0v) is 20.0. The molecule has 4 atom stereocenters. The fourth-order valence-corrected chi connectivity index (χ4v) is 6.12. The first-order chi connectivity index (χ1) is 14.6. The molecule has 1 aromatic rings. The summed E-state index contributed by atoms with van der Waals surface area (Å²) in [6.07, 6.45) is 4.61. The highest BCUT2D eigenvalue weighted by Crippen LogP contribution is 2.69. The number of rotatable bonds is 8. The second kappa shape index (κ2) is 7.86. The quantitative estimate of drug-likeness (QED) is 0.368. The standard InChI is InChI=1S/C27H38O4/c1-8-10-11-26(4,5)17-12-20(30-15-22(28)29-9-2)24-21(13-17)31-25-16(3)18-14-19(23(24)25)27(18,6)7/h12-13,18-19,23,25H,3,8-11,14-15H2,1-2,4-7H3/t18-,19+,23-,25-/m0/s1. The van der Waals surface area contributed by atoms with Gasteiger partial charge in [0, 0.05) is 11.5 Å². The number of fused-ring (bicyclic) bond motifs is 1. The third kappa shape index (κ3) is 3.56. The number of ether oxygens (including phenoxy) is 3. The maximum Gasteiger partial charge on any atom is 0.344 e. The van der Waals surface area contributed by atoms with Gasteiger partial charge in [0.2, 0.25) is 0 Å². The van der Waals surface area contributed by atoms with E-state index in [1.165, 1.54) is 24.0 Å². The number of carbonyl (C=O) groups excluding carboxylic acids is 1. The van der Waals surface area contributed by atoms with E-state index in [4.69, 9.17) is 14.2 Å². The Balaban J connectivity index is 1.74. The number of unbranched alkanes of at least 4 members (excludes halogenated alkanes) is 1. The second-order valence-electron chi connectivity index (χ2n) is 10.8. The number of carbonyl (C=O) groups is 1. The molecule has 3 aliphatic carbocycles. The lowest BCUT2D eigenvalue weighted by molar-refractivity contribution is -0.145. The molecule has 0 N–H and O–H groups in total. The third-order valence-electron chi connectivity index (χ3n) is 8.20. The predicted molar refractivity (Wildman–Crippen MR) is 123 cm³/mol. The minimum atomic E-state index is -0.334. The number of benzene rings is 1. The van der Waals surface area contributed by atoms with Crippen LogP contribution >= 0.6 is 0 Å². The van der Waals surface area contributed by atoms with Crippen molar-refractivity contribution < 1.29 is 19.0 Å². The largest absolute Gasteiger partial charge is 0.485 e. The summed E-state index contributed by atoms with van der Waals surface area (Å²) in [4.78, 5) is 12.1. The predicted octanol–water partition coefficient (Wildman–Crippen LogP) is 6.17. The van der Waals surface area contributed by atoms with Crippen molar-refractivity contribution in [3.63, 3.8) is 0 Å². The Labute approximate surface area is 187 Å². The molecular weight excluding hydrogens is 388 g/mol. The summed E-state index contributed by atoms with van der Waals surface area (Å²) in [5, 5.41) is 0. The van der Waals surface area contributed by atoms with Crippen molar-refractivity contribution in [2.24, 2.45) is 17.3 Å². The van der Waals surface area contributed by atoms with Gasteiger partial charge in [0.05, 0.1) is 6.61 Å². The van der Waals surface area contributed by atoms with E-state index in [1.54, 1.807) is 0 Å². The molecule has 170 valence electrons. The van der Waals surface area contributed by atoms with Crippen molar-refractivity contribution in [2.75, 3.05) is 13.2 Å². The summed E-state index contributed by atoms with van der Waals surface area (Å²) in [6.45, 7) is 18.0. The zero-order chi connectivity index (χ0) is 22.6. The van der Waals surface area contributed by atoms with Crippen LogP contribution in [0.25, 0.3) is 0 Å². The molecule has 0 unspecified atom stereocenters. The van der Waals surface area contributed by atoms with E-state index >= 15 is 0 Å². The van der Waals surface area contributed by atoms with Crippen LogP contribution in [0.3, 0.4) is 0 Å². The zero-order valence-electron chi connectivity index (χ0n) is 20.0. The Hall–Kier alpha value is -1.97. The summed E-state index contributed by atoms with van der Waals surface area (Å²) in [7, 11) is 0. The maximum absolute atomic E-state index is 12.1. The van der Waals surface area contributed by atoms with Crippen LogP contribution in [0.4, 0.5) is 0 Å². The molecule has 0 amide bonds. The average Bonchev–Trinajstić information content (AvgIpc) is 3.10. The highest BCUT2D eigenvalue weighted by Gasteiger charge is 2.63. The van der Waals surface area contributed by atoms with E-state index in [-0.39, 0.29) is 35.4 Å². The highest BCUT2D eigenvalue weighted by molar-refractivity contribution is 5.71. The molecule has 5 rings (SSSR count). The summed E-state index contributed by atoms with van der Waals surface area (Å²) >= 11 is 0. The Morgan fingerprint density at radius 1 is 1.29 bits per heavy atom. The van der Waals surface area contributed by atoms with Gasteiger partial charge in [-0.25, -0.2) is 4.79 Å². The van der Waals surface area contributed by atoms with Gasteiger partial charge in [0.25, 0.3) is 0 Å². The second-order valence-corrected chi connectivity index (χ2v) is 10.8. The Bertz CT molecular complexity index is 881. The van der Waals surface area contributed by atoms with Gasteiger partial charge in [-0.2, -0.15) is 0 Å². The van der Waals surface area contributed by atoms with Gasteiger partial charge in [0.15, 0.2) is 6.61 Å². The summed E-state index contributed by atoms with van der Waals surface area (Å²) in [5.74, 6) is 2.68. The van der Waals surface area contributed by atoms with Gasteiger partial charge in [-0.05, 0) is 65.7 Å². The van der Waals surface area contributed by atoms with E-state index in [0.29, 0.717) is 18.4 Å². The van der Waals surface area contributed by atoms with Gasteiger partial charge in [0.1, 0.15) is 17.6 Å². The fourth-order valence-electron chi connectivity index (χ4n) is 6.12. The monoisotopic (exact) mass is 426 g/mol. The molecular formula is C27H38O4. The van der Waals surface area contributed by atoms with Crippen molar-refractivity contribution in [3.05, 3.63) is 35.4 Å². The van der Waals surface area contributed by atoms with Crippen molar-refractivity contribution in [1.82, 2.24) is 0 Å². The van der Waals surface area contributed by atoms with E-state index in [9.17, 15) is 4.79 Å². The van der Waals surface area contributed by atoms with Crippen molar-refractivity contribution in [3.8, 4) is 11.5 Å². The normalized spacial score (nSPS) is 27.6. The van der Waals surface area contributed by atoms with Crippen LogP contribution < -0.4 is 9.47 Å². The molecule has 0 aromatic heterocycles. The van der Waals surface area contributed by atoms with Gasteiger partial charge in [-0.15, -0.1) is 0 Å². The molecule has 1 heterocycles. The van der Waals surface area contributed by atoms with Gasteiger partial charge < -0.3 is 14.2 Å². The van der Waals surface area contributed by atoms with Crippen molar-refractivity contribution in [1.29, 1.82) is 0 Å². The molecule has 3 saturated carbocycles. The fraction of sp³-hybridized carbons (Fsp3) is 0.667. The van der Waals surface area contributed by atoms with Crippen LogP contribution in [0.1, 0.15) is 84.3 Å². The third-order valence-corrected chi connectivity index (χ3v) is 8.20. The Kier molecular flexibility index (Phi) is 5.64. The van der Waals surface area contributed by atoms with Gasteiger partial charge in [-0.1, -0.05) is 54.0 Å². The smallest absolute Gasteiger partial charge is 0.344 e. The van der Waals surface area contributed by atoms with Gasteiger partial charge >= 0.3 is 5.97 Å². The van der Waals surface area contributed by atoms with E-state index in [1.807, 2.05) is 6.92 Å². The SMILES string of the molecule is C=C1[C@@H]2Oc3cc(C(C)(C)CCCC)cc(OCC(=O)OCC)c3[C@@H]2[C@H]2C[C@@H]1C2(C)C. The summed E-state index contributed by atoms with van der Waals surface area (Å²) in [5.41, 5.74) is 3.77. The first kappa shape index (κ1) is 22.2. The summed E-state index contributed by atoms with van der Waals surface area (Å²) < 4.78 is 17.8. The lowest BCUT2D eigenvalue weighted by Gasteiger charge is -2.61. The molecule has 1 aliphatic heterocycles.